The quantitative estimate of drug-likeness (QED) is 0.481. The first-order valence-electron chi connectivity index (χ1n) is 8.45. The topological polar surface area (TPSA) is 54.9 Å². The van der Waals surface area contributed by atoms with Crippen molar-refractivity contribution in [3.05, 3.63) is 78.2 Å². The predicted octanol–water partition coefficient (Wildman–Crippen LogP) is 5.08. The molecule has 0 saturated heterocycles. The second-order valence-electron chi connectivity index (χ2n) is 6.00. The molecule has 0 aliphatic carbocycles. The molecule has 1 amide bonds. The van der Waals surface area contributed by atoms with Crippen LogP contribution >= 0.6 is 21.6 Å². The Morgan fingerprint density at radius 3 is 2.89 bits per heavy atom. The molecule has 0 unspecified atom stereocenters. The molecule has 4 nitrogen and oxygen atoms in total. The Morgan fingerprint density at radius 1 is 1.07 bits per heavy atom. The van der Waals surface area contributed by atoms with Gasteiger partial charge in [-0.3, -0.25) is 14.8 Å². The number of hydrogen-bond acceptors (Lipinski definition) is 5. The fraction of sp³-hybridized carbons (Fsp3) is 0.0952. The third-order valence-electron chi connectivity index (χ3n) is 4.31. The number of rotatable bonds is 5. The lowest BCUT2D eigenvalue weighted by molar-refractivity contribution is 0.0952. The zero-order valence-electron chi connectivity index (χ0n) is 14.7. The highest BCUT2D eigenvalue weighted by molar-refractivity contribution is 8.76. The molecular weight excluding hydrogens is 374 g/mol. The van der Waals surface area contributed by atoms with Crippen LogP contribution in [0, 0.1) is 0 Å². The molecule has 0 saturated carbocycles. The van der Waals surface area contributed by atoms with Gasteiger partial charge in [0.05, 0.1) is 5.52 Å². The molecular formula is C21H17N3OS2. The van der Waals surface area contributed by atoms with Gasteiger partial charge in [-0.25, -0.2) is 0 Å². The van der Waals surface area contributed by atoms with E-state index in [1.165, 1.54) is 0 Å². The number of pyridine rings is 2. The van der Waals surface area contributed by atoms with Gasteiger partial charge < -0.3 is 5.32 Å². The number of aromatic nitrogens is 2. The van der Waals surface area contributed by atoms with Crippen molar-refractivity contribution < 1.29 is 4.79 Å². The Balaban J connectivity index is 1.58. The fourth-order valence-electron chi connectivity index (χ4n) is 3.02. The summed E-state index contributed by atoms with van der Waals surface area (Å²) in [6.07, 6.45) is 7.40. The Hall–Kier alpha value is -2.57. The minimum Gasteiger partial charge on any atom is -0.348 e. The number of fused-ring (bicyclic) bond motifs is 2. The van der Waals surface area contributed by atoms with Gasteiger partial charge in [-0.1, -0.05) is 39.8 Å². The smallest absolute Gasteiger partial charge is 0.252 e. The van der Waals surface area contributed by atoms with Crippen LogP contribution in [0.5, 0.6) is 0 Å². The van der Waals surface area contributed by atoms with Crippen molar-refractivity contribution in [2.45, 2.75) is 11.4 Å². The number of carbonyl (C=O) groups excluding carboxylic acids is 1. The van der Waals surface area contributed by atoms with Crippen LogP contribution in [0.3, 0.4) is 0 Å². The average Bonchev–Trinajstić information content (AvgIpc) is 2.72. The highest BCUT2D eigenvalue weighted by atomic mass is 33.1. The highest BCUT2D eigenvalue weighted by Gasteiger charge is 2.13. The van der Waals surface area contributed by atoms with E-state index < -0.39 is 0 Å². The van der Waals surface area contributed by atoms with Crippen LogP contribution in [0.25, 0.3) is 21.7 Å². The molecule has 27 heavy (non-hydrogen) atoms. The highest BCUT2D eigenvalue weighted by Crippen LogP contribution is 2.34. The number of hydrogen-bond donors (Lipinski definition) is 1. The number of benzene rings is 2. The first-order chi connectivity index (χ1) is 13.3. The Morgan fingerprint density at radius 2 is 2.00 bits per heavy atom. The summed E-state index contributed by atoms with van der Waals surface area (Å²) in [5.41, 5.74) is 2.57. The minimum atomic E-state index is -0.0940. The van der Waals surface area contributed by atoms with Gasteiger partial charge in [-0.05, 0) is 47.5 Å². The number of amides is 1. The summed E-state index contributed by atoms with van der Waals surface area (Å²) >= 11 is 0. The summed E-state index contributed by atoms with van der Waals surface area (Å²) in [5.74, 6) is -0.0940. The molecule has 0 fully saturated rings. The predicted molar refractivity (Wildman–Crippen MR) is 114 cm³/mol. The van der Waals surface area contributed by atoms with E-state index >= 15 is 0 Å². The average molecular weight is 392 g/mol. The molecule has 134 valence electrons. The number of nitrogens with one attached hydrogen (secondary N) is 1. The van der Waals surface area contributed by atoms with Gasteiger partial charge in [-0.15, -0.1) is 0 Å². The number of nitrogens with zero attached hydrogens (tertiary/aromatic N) is 2. The SMILES string of the molecule is CSSc1ccc(C(=O)NCc2ccc3cnccc3c2)c2cccnc12. The monoisotopic (exact) mass is 391 g/mol. The minimum absolute atomic E-state index is 0.0940. The lowest BCUT2D eigenvalue weighted by atomic mass is 10.1. The second-order valence-corrected chi connectivity index (χ2v) is 8.44. The van der Waals surface area contributed by atoms with Crippen LogP contribution in [0.1, 0.15) is 15.9 Å². The van der Waals surface area contributed by atoms with Crippen molar-refractivity contribution in [1.82, 2.24) is 15.3 Å². The molecule has 4 rings (SSSR count). The van der Waals surface area contributed by atoms with Crippen molar-refractivity contribution in [1.29, 1.82) is 0 Å². The fourth-order valence-corrected chi connectivity index (χ4v) is 4.51. The molecule has 2 aromatic heterocycles. The second kappa shape index (κ2) is 7.98. The van der Waals surface area contributed by atoms with Crippen LogP contribution in [0.4, 0.5) is 0 Å². The van der Waals surface area contributed by atoms with Gasteiger partial charge in [0, 0.05) is 46.4 Å². The van der Waals surface area contributed by atoms with E-state index in [4.69, 9.17) is 0 Å². The first-order valence-corrected chi connectivity index (χ1v) is 11.0. The Labute approximate surface area is 165 Å². The van der Waals surface area contributed by atoms with Gasteiger partial charge in [0.15, 0.2) is 0 Å². The number of carbonyl (C=O) groups is 1. The molecule has 6 heteroatoms. The molecule has 0 spiro atoms. The lowest BCUT2D eigenvalue weighted by Gasteiger charge is -2.10. The van der Waals surface area contributed by atoms with E-state index in [0.29, 0.717) is 12.1 Å². The van der Waals surface area contributed by atoms with Crippen molar-refractivity contribution in [3.8, 4) is 0 Å². The largest absolute Gasteiger partial charge is 0.348 e. The standard InChI is InChI=1S/C21H17N3OS2/c1-26-27-19-7-6-18(17-3-2-9-23-20(17)19)21(25)24-12-14-4-5-16-13-22-10-8-15(16)11-14/h2-11,13H,12H2,1H3,(H,24,25). The van der Waals surface area contributed by atoms with Crippen molar-refractivity contribution in [2.75, 3.05) is 6.26 Å². The molecule has 4 aromatic rings. The maximum atomic E-state index is 12.8. The van der Waals surface area contributed by atoms with Gasteiger partial charge in [0.25, 0.3) is 5.91 Å². The van der Waals surface area contributed by atoms with E-state index in [2.05, 4.69) is 21.4 Å². The molecule has 0 radical (unpaired) electrons. The van der Waals surface area contributed by atoms with E-state index in [-0.39, 0.29) is 5.91 Å². The van der Waals surface area contributed by atoms with E-state index in [0.717, 1.165) is 32.1 Å². The summed E-state index contributed by atoms with van der Waals surface area (Å²) < 4.78 is 0. The van der Waals surface area contributed by atoms with Gasteiger partial charge >= 0.3 is 0 Å². The maximum absolute atomic E-state index is 12.8. The molecule has 0 aliphatic rings. The summed E-state index contributed by atoms with van der Waals surface area (Å²) in [7, 11) is 3.32. The van der Waals surface area contributed by atoms with Gasteiger partial charge in [0.2, 0.25) is 0 Å². The summed E-state index contributed by atoms with van der Waals surface area (Å²) in [6.45, 7) is 0.472. The Kier molecular flexibility index (Phi) is 5.27. The van der Waals surface area contributed by atoms with Crippen molar-refractivity contribution in [3.63, 3.8) is 0 Å². The molecule has 0 atom stereocenters. The van der Waals surface area contributed by atoms with Crippen LogP contribution in [-0.4, -0.2) is 22.1 Å². The zero-order valence-corrected chi connectivity index (χ0v) is 16.3. The maximum Gasteiger partial charge on any atom is 0.252 e. The third-order valence-corrected chi connectivity index (χ3v) is 6.02. The molecule has 0 bridgehead atoms. The van der Waals surface area contributed by atoms with Crippen LogP contribution in [-0.2, 0) is 6.54 Å². The van der Waals surface area contributed by atoms with E-state index in [1.807, 2.05) is 54.9 Å². The molecule has 2 heterocycles. The molecule has 0 aliphatic heterocycles. The normalized spacial score (nSPS) is 11.0. The van der Waals surface area contributed by atoms with E-state index in [1.54, 1.807) is 34.0 Å². The van der Waals surface area contributed by atoms with Crippen molar-refractivity contribution >= 4 is 49.2 Å². The van der Waals surface area contributed by atoms with Gasteiger partial charge in [0.1, 0.15) is 0 Å². The first kappa shape index (κ1) is 17.8. The molecule has 2 aromatic carbocycles. The summed E-state index contributed by atoms with van der Waals surface area (Å²) in [4.78, 5) is 22.5. The van der Waals surface area contributed by atoms with Gasteiger partial charge in [-0.2, -0.15) is 0 Å². The zero-order chi connectivity index (χ0) is 18.6. The van der Waals surface area contributed by atoms with Crippen LogP contribution < -0.4 is 5.32 Å². The van der Waals surface area contributed by atoms with E-state index in [9.17, 15) is 4.79 Å². The summed E-state index contributed by atoms with van der Waals surface area (Å²) in [5, 5.41) is 6.11. The Bertz CT molecular complexity index is 1130. The van der Waals surface area contributed by atoms with Crippen LogP contribution in [0.2, 0.25) is 0 Å². The summed E-state index contributed by atoms with van der Waals surface area (Å²) in [6, 6.07) is 15.8. The lowest BCUT2D eigenvalue weighted by Crippen LogP contribution is -2.23. The van der Waals surface area contributed by atoms with Crippen LogP contribution in [0.15, 0.2) is 72.0 Å². The molecule has 1 N–H and O–H groups in total. The third kappa shape index (κ3) is 3.77. The van der Waals surface area contributed by atoms with Crippen molar-refractivity contribution in [2.24, 2.45) is 0 Å².